The van der Waals surface area contributed by atoms with E-state index in [1.165, 1.54) is 0 Å². The Labute approximate surface area is 161 Å². The molecule has 2 fully saturated rings. The number of halogens is 1. The lowest BCUT2D eigenvalue weighted by molar-refractivity contribution is 0.0498. The van der Waals surface area contributed by atoms with E-state index in [-0.39, 0.29) is 5.91 Å². The highest BCUT2D eigenvalue weighted by Gasteiger charge is 2.31. The van der Waals surface area contributed by atoms with Crippen molar-refractivity contribution in [2.24, 2.45) is 5.92 Å². The predicted molar refractivity (Wildman–Crippen MR) is 105 cm³/mol. The zero-order chi connectivity index (χ0) is 18.7. The van der Waals surface area contributed by atoms with E-state index in [2.05, 4.69) is 23.8 Å². The Morgan fingerprint density at radius 2 is 1.81 bits per heavy atom. The van der Waals surface area contributed by atoms with Gasteiger partial charge in [-0.2, -0.15) is 0 Å². The Morgan fingerprint density at radius 3 is 2.42 bits per heavy atom. The van der Waals surface area contributed by atoms with Crippen LogP contribution in [0.25, 0.3) is 0 Å². The number of carbonyl (C=O) groups excluding carboxylic acids is 1. The van der Waals surface area contributed by atoms with Crippen LogP contribution >= 0.6 is 11.6 Å². The van der Waals surface area contributed by atoms with Crippen molar-refractivity contribution < 1.29 is 9.53 Å². The van der Waals surface area contributed by atoms with Crippen LogP contribution in [0.5, 0.6) is 5.75 Å². The van der Waals surface area contributed by atoms with E-state index in [1.54, 1.807) is 25.3 Å². The van der Waals surface area contributed by atoms with Crippen LogP contribution in [-0.4, -0.2) is 80.1 Å². The van der Waals surface area contributed by atoms with Gasteiger partial charge < -0.3 is 14.5 Å². The van der Waals surface area contributed by atoms with E-state index in [0.717, 1.165) is 52.1 Å². The molecule has 26 heavy (non-hydrogen) atoms. The molecule has 2 saturated heterocycles. The molecule has 0 aliphatic carbocycles. The van der Waals surface area contributed by atoms with Crippen molar-refractivity contribution in [1.82, 2.24) is 14.7 Å². The topological polar surface area (TPSA) is 36.0 Å². The molecule has 1 aromatic rings. The van der Waals surface area contributed by atoms with E-state index >= 15 is 0 Å². The van der Waals surface area contributed by atoms with E-state index in [9.17, 15) is 4.79 Å². The molecular weight excluding hydrogens is 350 g/mol. The number of nitrogens with zero attached hydrogens (tertiary/aromatic N) is 3. The highest BCUT2D eigenvalue weighted by Crippen LogP contribution is 2.28. The second-order valence-electron chi connectivity index (χ2n) is 7.55. The van der Waals surface area contributed by atoms with Crippen molar-refractivity contribution >= 4 is 17.5 Å². The number of methoxy groups -OCH3 is 1. The number of piperazine rings is 1. The molecule has 0 bridgehead atoms. The summed E-state index contributed by atoms with van der Waals surface area (Å²) in [5.74, 6) is 1.26. The van der Waals surface area contributed by atoms with Crippen LogP contribution in [0.1, 0.15) is 30.1 Å². The van der Waals surface area contributed by atoms with Crippen LogP contribution < -0.4 is 4.74 Å². The Bertz CT molecular complexity index is 623. The fraction of sp³-hybridized carbons (Fsp3) is 0.650. The van der Waals surface area contributed by atoms with E-state index < -0.39 is 0 Å². The highest BCUT2D eigenvalue weighted by atomic mass is 35.5. The quantitative estimate of drug-likeness (QED) is 0.806. The molecule has 0 unspecified atom stereocenters. The average Bonchev–Trinajstić information content (AvgIpc) is 2.67. The maximum Gasteiger partial charge on any atom is 0.257 e. The number of ether oxygens (including phenoxy) is 1. The number of rotatable bonds is 4. The molecule has 5 nitrogen and oxygen atoms in total. The standard InChI is InChI=1S/C20H30ClN3O2/c1-15(23-12-10-22(2)11-13-23)16-6-8-24(9-7-16)20(25)18-5-4-17(21)14-19(18)26-3/h4-5,14-16H,6-13H2,1-3H3/t15-/m1/s1. The largest absolute Gasteiger partial charge is 0.496 e. The lowest BCUT2D eigenvalue weighted by Gasteiger charge is -2.42. The molecule has 6 heteroatoms. The highest BCUT2D eigenvalue weighted by molar-refractivity contribution is 6.30. The minimum atomic E-state index is 0.0456. The van der Waals surface area contributed by atoms with Crippen LogP contribution in [0, 0.1) is 5.92 Å². The fourth-order valence-corrected chi connectivity index (χ4v) is 4.29. The van der Waals surface area contributed by atoms with Crippen LogP contribution in [0.2, 0.25) is 5.02 Å². The first-order chi connectivity index (χ1) is 12.5. The Balaban J connectivity index is 1.57. The number of piperidine rings is 1. The van der Waals surface area contributed by atoms with Gasteiger partial charge in [0.15, 0.2) is 0 Å². The third-order valence-corrected chi connectivity index (χ3v) is 6.25. The molecule has 0 aromatic heterocycles. The smallest absolute Gasteiger partial charge is 0.257 e. The molecule has 1 amide bonds. The van der Waals surface area contributed by atoms with Crippen molar-refractivity contribution in [3.63, 3.8) is 0 Å². The first kappa shape index (κ1) is 19.5. The summed E-state index contributed by atoms with van der Waals surface area (Å²) in [4.78, 5) is 19.9. The molecule has 3 rings (SSSR count). The molecular formula is C20H30ClN3O2. The van der Waals surface area contributed by atoms with Gasteiger partial charge in [0.1, 0.15) is 5.75 Å². The zero-order valence-corrected chi connectivity index (χ0v) is 16.8. The number of carbonyl (C=O) groups is 1. The average molecular weight is 380 g/mol. The number of benzene rings is 1. The first-order valence-corrected chi connectivity index (χ1v) is 9.93. The lowest BCUT2D eigenvalue weighted by Crippen LogP contribution is -2.52. The lowest BCUT2D eigenvalue weighted by atomic mass is 9.88. The van der Waals surface area contributed by atoms with Crippen molar-refractivity contribution in [1.29, 1.82) is 0 Å². The summed E-state index contributed by atoms with van der Waals surface area (Å²) in [6.45, 7) is 8.59. The molecule has 1 atom stereocenters. The number of hydrogen-bond donors (Lipinski definition) is 0. The van der Waals surface area contributed by atoms with Crippen molar-refractivity contribution in [3.8, 4) is 5.75 Å². The molecule has 144 valence electrons. The maximum absolute atomic E-state index is 12.9. The molecule has 2 heterocycles. The summed E-state index contributed by atoms with van der Waals surface area (Å²) < 4.78 is 5.34. The van der Waals surface area contributed by atoms with Crippen molar-refractivity contribution in [2.45, 2.75) is 25.8 Å². The molecule has 2 aliphatic heterocycles. The third-order valence-electron chi connectivity index (χ3n) is 6.02. The fourth-order valence-electron chi connectivity index (χ4n) is 4.12. The molecule has 0 saturated carbocycles. The van der Waals surface area contributed by atoms with Gasteiger partial charge in [0.05, 0.1) is 12.7 Å². The second-order valence-corrected chi connectivity index (χ2v) is 7.99. The Hall–Kier alpha value is -1.30. The number of hydrogen-bond acceptors (Lipinski definition) is 4. The van der Waals surface area contributed by atoms with E-state index in [1.807, 2.05) is 4.90 Å². The van der Waals surface area contributed by atoms with Gasteiger partial charge in [0.2, 0.25) is 0 Å². The Morgan fingerprint density at radius 1 is 1.15 bits per heavy atom. The van der Waals surface area contributed by atoms with Crippen LogP contribution in [-0.2, 0) is 0 Å². The number of amides is 1. The van der Waals surface area contributed by atoms with Crippen LogP contribution in [0.15, 0.2) is 18.2 Å². The predicted octanol–water partition coefficient (Wildman–Crippen LogP) is 2.84. The summed E-state index contributed by atoms with van der Waals surface area (Å²) in [5.41, 5.74) is 0.600. The molecule has 2 aliphatic rings. The van der Waals surface area contributed by atoms with Crippen LogP contribution in [0.3, 0.4) is 0 Å². The van der Waals surface area contributed by atoms with Gasteiger partial charge in [-0.15, -0.1) is 0 Å². The van der Waals surface area contributed by atoms with Gasteiger partial charge in [-0.25, -0.2) is 0 Å². The summed E-state index contributed by atoms with van der Waals surface area (Å²) >= 11 is 6.01. The third kappa shape index (κ3) is 4.33. The zero-order valence-electron chi connectivity index (χ0n) is 16.1. The van der Waals surface area contributed by atoms with E-state index in [4.69, 9.17) is 16.3 Å². The van der Waals surface area contributed by atoms with Gasteiger partial charge in [0, 0.05) is 50.3 Å². The summed E-state index contributed by atoms with van der Waals surface area (Å²) in [6, 6.07) is 5.81. The first-order valence-electron chi connectivity index (χ1n) is 9.55. The summed E-state index contributed by atoms with van der Waals surface area (Å²) in [5, 5.41) is 0.582. The van der Waals surface area contributed by atoms with Crippen molar-refractivity contribution in [2.75, 3.05) is 53.4 Å². The second kappa shape index (κ2) is 8.59. The Kier molecular flexibility index (Phi) is 6.43. The van der Waals surface area contributed by atoms with Gasteiger partial charge in [-0.1, -0.05) is 11.6 Å². The minimum absolute atomic E-state index is 0.0456. The molecule has 0 radical (unpaired) electrons. The van der Waals surface area contributed by atoms with E-state index in [0.29, 0.717) is 28.3 Å². The van der Waals surface area contributed by atoms with Gasteiger partial charge in [0.25, 0.3) is 5.91 Å². The van der Waals surface area contributed by atoms with Gasteiger partial charge in [-0.05, 0) is 50.9 Å². The summed E-state index contributed by atoms with van der Waals surface area (Å²) in [6.07, 6.45) is 2.13. The van der Waals surface area contributed by atoms with Gasteiger partial charge in [-0.3, -0.25) is 9.69 Å². The molecule has 0 N–H and O–H groups in total. The van der Waals surface area contributed by atoms with Crippen molar-refractivity contribution in [3.05, 3.63) is 28.8 Å². The van der Waals surface area contributed by atoms with Crippen LogP contribution in [0.4, 0.5) is 0 Å². The molecule has 1 aromatic carbocycles. The minimum Gasteiger partial charge on any atom is -0.496 e. The SMILES string of the molecule is COc1cc(Cl)ccc1C(=O)N1CCC([C@@H](C)N2CCN(C)CC2)CC1. The van der Waals surface area contributed by atoms with Gasteiger partial charge >= 0.3 is 0 Å². The number of likely N-dealkylation sites (tertiary alicyclic amines) is 1. The monoisotopic (exact) mass is 379 g/mol. The normalized spacial score (nSPS) is 21.6. The number of likely N-dealkylation sites (N-methyl/N-ethyl adjacent to an activating group) is 1. The maximum atomic E-state index is 12.9. The summed E-state index contributed by atoms with van der Waals surface area (Å²) in [7, 11) is 3.77. The molecule has 0 spiro atoms.